The number of halogens is 1. The van der Waals surface area contributed by atoms with Crippen LogP contribution in [0.2, 0.25) is 5.02 Å². The van der Waals surface area contributed by atoms with Crippen LogP contribution in [-0.2, 0) is 12.8 Å². The molecule has 0 bridgehead atoms. The van der Waals surface area contributed by atoms with Crippen molar-refractivity contribution in [1.82, 2.24) is 15.2 Å². The van der Waals surface area contributed by atoms with Crippen molar-refractivity contribution >= 4 is 23.2 Å². The van der Waals surface area contributed by atoms with Gasteiger partial charge in [-0.15, -0.1) is 0 Å². The summed E-state index contributed by atoms with van der Waals surface area (Å²) in [5.74, 6) is -0.105. The number of nitrogens with zero attached hydrogens (tertiary/aromatic N) is 3. The van der Waals surface area contributed by atoms with Crippen LogP contribution in [0.5, 0.6) is 0 Å². The minimum Gasteiger partial charge on any atom is -0.369 e. The quantitative estimate of drug-likeness (QED) is 0.557. The van der Waals surface area contributed by atoms with Gasteiger partial charge in [-0.2, -0.15) is 0 Å². The van der Waals surface area contributed by atoms with Crippen molar-refractivity contribution < 1.29 is 4.79 Å². The molecule has 1 fully saturated rings. The first kappa shape index (κ1) is 23.8. The van der Waals surface area contributed by atoms with Crippen molar-refractivity contribution in [2.75, 3.05) is 38.1 Å². The Hall–Kier alpha value is -2.89. The van der Waals surface area contributed by atoms with Crippen molar-refractivity contribution in [1.29, 1.82) is 0 Å². The predicted molar refractivity (Wildman–Crippen MR) is 144 cm³/mol. The van der Waals surface area contributed by atoms with E-state index >= 15 is 0 Å². The van der Waals surface area contributed by atoms with Gasteiger partial charge in [-0.1, -0.05) is 29.8 Å². The van der Waals surface area contributed by atoms with Gasteiger partial charge in [0.1, 0.15) is 5.69 Å². The van der Waals surface area contributed by atoms with Crippen LogP contribution in [-0.4, -0.2) is 55.1 Å². The number of nitrogens with one attached hydrogen (secondary N) is 1. The Kier molecular flexibility index (Phi) is 6.81. The lowest BCUT2D eigenvalue weighted by Crippen LogP contribution is -2.45. The van der Waals surface area contributed by atoms with Gasteiger partial charge < -0.3 is 15.1 Å². The molecule has 2 aliphatic rings. The fraction of sp³-hybridized carbons (Fsp3) is 0.379. The van der Waals surface area contributed by atoms with Gasteiger partial charge in [0, 0.05) is 54.7 Å². The van der Waals surface area contributed by atoms with E-state index in [4.69, 9.17) is 11.6 Å². The molecule has 0 radical (unpaired) electrons. The topological polar surface area (TPSA) is 48.5 Å². The van der Waals surface area contributed by atoms with E-state index < -0.39 is 0 Å². The number of hydrogen-bond acceptors (Lipinski definition) is 4. The van der Waals surface area contributed by atoms with Crippen LogP contribution in [0.4, 0.5) is 5.69 Å². The molecule has 5 rings (SSSR count). The molecule has 1 aromatic heterocycles. The summed E-state index contributed by atoms with van der Waals surface area (Å²) in [6, 6.07) is 14.2. The van der Waals surface area contributed by atoms with Crippen LogP contribution in [0.15, 0.2) is 48.7 Å². The summed E-state index contributed by atoms with van der Waals surface area (Å²) >= 11 is 6.09. The summed E-state index contributed by atoms with van der Waals surface area (Å²) in [6.45, 7) is 8.50. The lowest BCUT2D eigenvalue weighted by Gasteiger charge is -2.37. The highest BCUT2D eigenvalue weighted by Gasteiger charge is 2.27. The van der Waals surface area contributed by atoms with Crippen molar-refractivity contribution in [3.05, 3.63) is 81.6 Å². The summed E-state index contributed by atoms with van der Waals surface area (Å²) in [6.07, 6.45) is 4.59. The number of piperazine rings is 1. The number of benzene rings is 2. The summed E-state index contributed by atoms with van der Waals surface area (Å²) < 4.78 is 0. The predicted octanol–water partition coefficient (Wildman–Crippen LogP) is 5.06. The largest absolute Gasteiger partial charge is 0.369 e. The number of carbonyl (C=O) groups excluding carboxylic acids is 1. The summed E-state index contributed by atoms with van der Waals surface area (Å²) in [4.78, 5) is 22.4. The van der Waals surface area contributed by atoms with Crippen LogP contribution in [0.3, 0.4) is 0 Å². The SMILES string of the molecule is Cc1cc(Cl)ccc1-c1ccc(C(=O)N[C@@H]2CCc3c(C)ccc(N4CCN(C)CC4)c3C2)nc1. The molecule has 2 heterocycles. The molecule has 0 saturated carbocycles. The zero-order chi connectivity index (χ0) is 24.5. The van der Waals surface area contributed by atoms with Gasteiger partial charge in [0.2, 0.25) is 0 Å². The summed E-state index contributed by atoms with van der Waals surface area (Å²) in [7, 11) is 2.19. The minimum atomic E-state index is -0.105. The lowest BCUT2D eigenvalue weighted by molar-refractivity contribution is 0.0928. The summed E-state index contributed by atoms with van der Waals surface area (Å²) in [5.41, 5.74) is 9.17. The van der Waals surface area contributed by atoms with Gasteiger partial charge in [0.15, 0.2) is 0 Å². The van der Waals surface area contributed by atoms with Crippen molar-refractivity contribution in [2.24, 2.45) is 0 Å². The molecular formula is C29H33ClN4O. The number of fused-ring (bicyclic) bond motifs is 1. The third-order valence-electron chi connectivity index (χ3n) is 7.51. The molecular weight excluding hydrogens is 456 g/mol. The maximum absolute atomic E-state index is 13.1. The maximum Gasteiger partial charge on any atom is 0.270 e. The molecule has 5 nitrogen and oxygen atoms in total. The van der Waals surface area contributed by atoms with Crippen molar-refractivity contribution in [3.8, 4) is 11.1 Å². The second-order valence-electron chi connectivity index (χ2n) is 9.95. The monoisotopic (exact) mass is 488 g/mol. The summed E-state index contributed by atoms with van der Waals surface area (Å²) in [5, 5.41) is 3.98. The van der Waals surface area contributed by atoms with Gasteiger partial charge in [-0.05, 0) is 92.2 Å². The van der Waals surface area contributed by atoms with Crippen LogP contribution >= 0.6 is 11.6 Å². The number of pyridine rings is 1. The zero-order valence-electron chi connectivity index (χ0n) is 20.8. The number of carbonyl (C=O) groups is 1. The fourth-order valence-corrected chi connectivity index (χ4v) is 5.63. The highest BCUT2D eigenvalue weighted by molar-refractivity contribution is 6.30. The number of amides is 1. The molecule has 0 spiro atoms. The van der Waals surface area contributed by atoms with E-state index in [2.05, 4.69) is 46.2 Å². The number of aryl methyl sites for hydroxylation is 2. The first-order valence-electron chi connectivity index (χ1n) is 12.5. The molecule has 1 N–H and O–H groups in total. The van der Waals surface area contributed by atoms with Crippen LogP contribution in [0.1, 0.15) is 39.2 Å². The van der Waals surface area contributed by atoms with Crippen LogP contribution in [0.25, 0.3) is 11.1 Å². The number of rotatable bonds is 4. The van der Waals surface area contributed by atoms with Crippen molar-refractivity contribution in [2.45, 2.75) is 39.2 Å². The van der Waals surface area contributed by atoms with Gasteiger partial charge in [0.05, 0.1) is 0 Å². The second kappa shape index (κ2) is 10.00. The van der Waals surface area contributed by atoms with Gasteiger partial charge in [-0.3, -0.25) is 9.78 Å². The molecule has 1 aliphatic heterocycles. The average molecular weight is 489 g/mol. The first-order valence-corrected chi connectivity index (χ1v) is 12.8. The third-order valence-corrected chi connectivity index (χ3v) is 7.74. The second-order valence-corrected chi connectivity index (χ2v) is 10.4. The van der Waals surface area contributed by atoms with E-state index in [-0.39, 0.29) is 11.9 Å². The Bertz CT molecular complexity index is 1230. The Morgan fingerprint density at radius 3 is 2.51 bits per heavy atom. The highest BCUT2D eigenvalue weighted by atomic mass is 35.5. The van der Waals surface area contributed by atoms with E-state index in [1.807, 2.05) is 37.3 Å². The molecule has 182 valence electrons. The number of likely N-dealkylation sites (N-methyl/N-ethyl adjacent to an activating group) is 1. The molecule has 6 heteroatoms. The van der Waals surface area contributed by atoms with Gasteiger partial charge in [-0.25, -0.2) is 0 Å². The number of hydrogen-bond donors (Lipinski definition) is 1. The number of aromatic nitrogens is 1. The molecule has 3 aromatic rings. The zero-order valence-corrected chi connectivity index (χ0v) is 21.5. The average Bonchev–Trinajstić information content (AvgIpc) is 2.85. The van der Waals surface area contributed by atoms with Gasteiger partial charge in [0.25, 0.3) is 5.91 Å². The molecule has 2 aromatic carbocycles. The van der Waals surface area contributed by atoms with E-state index in [1.54, 1.807) is 6.20 Å². The van der Waals surface area contributed by atoms with Gasteiger partial charge >= 0.3 is 0 Å². The standard InChI is InChI=1S/C29H33ClN4O/c1-19-4-11-28(34-14-12-33(3)13-15-34)26-17-23(7-9-25(19)26)32-29(35)27-10-5-21(18-31-27)24-8-6-22(30)16-20(24)2/h4-6,8,10-11,16,18,23H,7,9,12-15,17H2,1-3H3,(H,32,35)/t23-/m1/s1. The minimum absolute atomic E-state index is 0.105. The molecule has 1 saturated heterocycles. The Balaban J connectivity index is 1.30. The van der Waals surface area contributed by atoms with E-state index in [1.165, 1.54) is 22.4 Å². The molecule has 1 aliphatic carbocycles. The van der Waals surface area contributed by atoms with Crippen LogP contribution < -0.4 is 10.2 Å². The van der Waals surface area contributed by atoms with E-state index in [9.17, 15) is 4.79 Å². The van der Waals surface area contributed by atoms with E-state index in [0.29, 0.717) is 5.69 Å². The number of anilines is 1. The normalized spacial score (nSPS) is 18.3. The smallest absolute Gasteiger partial charge is 0.270 e. The molecule has 1 atom stereocenters. The van der Waals surface area contributed by atoms with E-state index in [0.717, 1.165) is 67.2 Å². The molecule has 0 unspecified atom stereocenters. The Morgan fingerprint density at radius 2 is 1.80 bits per heavy atom. The fourth-order valence-electron chi connectivity index (χ4n) is 5.41. The third kappa shape index (κ3) is 5.07. The highest BCUT2D eigenvalue weighted by Crippen LogP contribution is 2.33. The Morgan fingerprint density at radius 1 is 1.00 bits per heavy atom. The maximum atomic E-state index is 13.1. The molecule has 1 amide bonds. The first-order chi connectivity index (χ1) is 16.9. The lowest BCUT2D eigenvalue weighted by atomic mass is 9.84. The van der Waals surface area contributed by atoms with Crippen LogP contribution in [0, 0.1) is 13.8 Å². The van der Waals surface area contributed by atoms with Crippen molar-refractivity contribution in [3.63, 3.8) is 0 Å². The molecule has 35 heavy (non-hydrogen) atoms. The Labute approximate surface area is 213 Å².